The second-order valence-electron chi connectivity index (χ2n) is 4.98. The number of hydrogen-bond donors (Lipinski definition) is 0. The summed E-state index contributed by atoms with van der Waals surface area (Å²) in [5, 5.41) is 4.44. The molecule has 5 heteroatoms. The van der Waals surface area contributed by atoms with Gasteiger partial charge in [-0.2, -0.15) is 9.78 Å². The van der Waals surface area contributed by atoms with Gasteiger partial charge in [-0.1, -0.05) is 48.0 Å². The quantitative estimate of drug-likeness (QED) is 0.726. The van der Waals surface area contributed by atoms with Crippen molar-refractivity contribution in [2.75, 3.05) is 11.4 Å². The van der Waals surface area contributed by atoms with Crippen molar-refractivity contribution < 1.29 is 0 Å². The van der Waals surface area contributed by atoms with E-state index < -0.39 is 0 Å². The number of nitrogens with zero attached hydrogens (tertiary/aromatic N) is 3. The zero-order valence-electron chi connectivity index (χ0n) is 12.7. The Kier molecular flexibility index (Phi) is 4.44. The zero-order chi connectivity index (χ0) is 16.2. The number of hydrogen-bond acceptors (Lipinski definition) is 3. The molecule has 0 saturated heterocycles. The first kappa shape index (κ1) is 15.3. The van der Waals surface area contributed by atoms with Crippen LogP contribution in [0.25, 0.3) is 5.69 Å². The molecule has 0 aliphatic heterocycles. The third kappa shape index (κ3) is 2.98. The second kappa shape index (κ2) is 6.67. The number of halogens is 1. The molecule has 0 N–H and O–H groups in total. The molecule has 0 unspecified atom stereocenters. The summed E-state index contributed by atoms with van der Waals surface area (Å²) in [6, 6.07) is 19.0. The molecule has 0 spiro atoms. The van der Waals surface area contributed by atoms with Crippen molar-refractivity contribution in [1.82, 2.24) is 9.78 Å². The van der Waals surface area contributed by atoms with Crippen molar-refractivity contribution in [3.63, 3.8) is 0 Å². The predicted octanol–water partition coefficient (Wildman–Crippen LogP) is 4.04. The van der Waals surface area contributed by atoms with Gasteiger partial charge in [-0.15, -0.1) is 0 Å². The van der Waals surface area contributed by atoms with Gasteiger partial charge in [0.15, 0.2) is 0 Å². The topological polar surface area (TPSA) is 38.1 Å². The SMILES string of the molecule is CCN(c1ccccc1)c1cnn(-c2ccccc2)c(=O)c1Cl. The summed E-state index contributed by atoms with van der Waals surface area (Å²) < 4.78 is 1.31. The van der Waals surface area contributed by atoms with Crippen LogP contribution in [-0.2, 0) is 0 Å². The van der Waals surface area contributed by atoms with Gasteiger partial charge in [0.25, 0.3) is 5.56 Å². The summed E-state index contributed by atoms with van der Waals surface area (Å²) in [6.07, 6.45) is 1.63. The highest BCUT2D eigenvalue weighted by Gasteiger charge is 2.16. The van der Waals surface area contributed by atoms with Crippen LogP contribution in [0.2, 0.25) is 5.02 Å². The molecule has 0 saturated carbocycles. The van der Waals surface area contributed by atoms with Crippen LogP contribution in [0.1, 0.15) is 6.92 Å². The lowest BCUT2D eigenvalue weighted by molar-refractivity contribution is 0.802. The van der Waals surface area contributed by atoms with Crippen LogP contribution in [0.5, 0.6) is 0 Å². The molecule has 0 radical (unpaired) electrons. The summed E-state index contributed by atoms with van der Waals surface area (Å²) in [4.78, 5) is 14.5. The first-order chi connectivity index (χ1) is 11.2. The van der Waals surface area contributed by atoms with Crippen molar-refractivity contribution >= 4 is 23.0 Å². The monoisotopic (exact) mass is 325 g/mol. The van der Waals surface area contributed by atoms with Gasteiger partial charge in [-0.25, -0.2) is 0 Å². The Morgan fingerprint density at radius 2 is 1.65 bits per heavy atom. The van der Waals surface area contributed by atoms with E-state index in [1.54, 1.807) is 6.20 Å². The predicted molar refractivity (Wildman–Crippen MR) is 94.0 cm³/mol. The zero-order valence-corrected chi connectivity index (χ0v) is 13.4. The van der Waals surface area contributed by atoms with E-state index in [0.717, 1.165) is 5.69 Å². The fraction of sp³-hybridized carbons (Fsp3) is 0.111. The average molecular weight is 326 g/mol. The Balaban J connectivity index is 2.09. The Hall–Kier alpha value is -2.59. The molecule has 0 aliphatic carbocycles. The van der Waals surface area contributed by atoms with Gasteiger partial charge >= 0.3 is 0 Å². The molecule has 4 nitrogen and oxygen atoms in total. The average Bonchev–Trinajstić information content (AvgIpc) is 2.61. The first-order valence-electron chi connectivity index (χ1n) is 7.38. The Labute approximate surface area is 139 Å². The minimum Gasteiger partial charge on any atom is -0.339 e. The van der Waals surface area contributed by atoms with Gasteiger partial charge in [0, 0.05) is 12.2 Å². The van der Waals surface area contributed by atoms with Crippen LogP contribution in [-0.4, -0.2) is 16.3 Å². The summed E-state index contributed by atoms with van der Waals surface area (Å²) in [5.74, 6) is 0. The summed E-state index contributed by atoms with van der Waals surface area (Å²) in [6.45, 7) is 2.69. The molecule has 116 valence electrons. The summed E-state index contributed by atoms with van der Waals surface area (Å²) >= 11 is 6.36. The number of aromatic nitrogens is 2. The maximum Gasteiger partial charge on any atom is 0.292 e. The van der Waals surface area contributed by atoms with Gasteiger partial charge in [-0.3, -0.25) is 4.79 Å². The Morgan fingerprint density at radius 3 is 2.26 bits per heavy atom. The maximum atomic E-state index is 12.6. The van der Waals surface area contributed by atoms with Gasteiger partial charge in [0.2, 0.25) is 0 Å². The van der Waals surface area contributed by atoms with Crippen LogP contribution >= 0.6 is 11.6 Å². The number of rotatable bonds is 4. The highest BCUT2D eigenvalue weighted by Crippen LogP contribution is 2.28. The molecular formula is C18H16ClN3O. The van der Waals surface area contributed by atoms with Crippen LogP contribution < -0.4 is 10.5 Å². The number of para-hydroxylation sites is 2. The van der Waals surface area contributed by atoms with E-state index in [1.165, 1.54) is 4.68 Å². The van der Waals surface area contributed by atoms with Crippen LogP contribution in [0.3, 0.4) is 0 Å². The molecule has 0 aliphatic rings. The van der Waals surface area contributed by atoms with Gasteiger partial charge < -0.3 is 4.90 Å². The highest BCUT2D eigenvalue weighted by molar-refractivity contribution is 6.33. The second-order valence-corrected chi connectivity index (χ2v) is 5.35. The minimum atomic E-state index is -0.329. The largest absolute Gasteiger partial charge is 0.339 e. The molecule has 2 aromatic carbocycles. The van der Waals surface area contributed by atoms with Crippen LogP contribution in [0.4, 0.5) is 11.4 Å². The van der Waals surface area contributed by atoms with E-state index in [0.29, 0.717) is 17.9 Å². The van der Waals surface area contributed by atoms with Gasteiger partial charge in [-0.05, 0) is 31.2 Å². The Bertz CT molecular complexity index is 847. The highest BCUT2D eigenvalue weighted by atomic mass is 35.5. The number of benzene rings is 2. The van der Waals surface area contributed by atoms with E-state index in [1.807, 2.05) is 72.5 Å². The lowest BCUT2D eigenvalue weighted by Crippen LogP contribution is -2.26. The fourth-order valence-electron chi connectivity index (χ4n) is 2.47. The van der Waals surface area contributed by atoms with Crippen LogP contribution in [0, 0.1) is 0 Å². The van der Waals surface area contributed by atoms with Crippen molar-refractivity contribution in [2.45, 2.75) is 6.92 Å². The molecule has 0 amide bonds. The number of anilines is 2. The molecule has 3 aromatic rings. The van der Waals surface area contributed by atoms with Crippen molar-refractivity contribution in [3.05, 3.63) is 82.2 Å². The molecular weight excluding hydrogens is 310 g/mol. The third-order valence-corrected chi connectivity index (χ3v) is 3.93. The third-order valence-electron chi connectivity index (χ3n) is 3.58. The lowest BCUT2D eigenvalue weighted by atomic mass is 10.2. The van der Waals surface area contributed by atoms with Gasteiger partial charge in [0.1, 0.15) is 5.02 Å². The molecule has 0 bridgehead atoms. The molecule has 3 rings (SSSR count). The smallest absolute Gasteiger partial charge is 0.292 e. The molecule has 1 aromatic heterocycles. The van der Waals surface area contributed by atoms with Crippen LogP contribution in [0.15, 0.2) is 71.7 Å². The maximum absolute atomic E-state index is 12.6. The van der Waals surface area contributed by atoms with E-state index in [-0.39, 0.29) is 10.6 Å². The molecule has 23 heavy (non-hydrogen) atoms. The molecule has 0 atom stereocenters. The van der Waals surface area contributed by atoms with Crippen molar-refractivity contribution in [3.8, 4) is 5.69 Å². The normalized spacial score (nSPS) is 10.5. The van der Waals surface area contributed by atoms with Gasteiger partial charge in [0.05, 0.1) is 17.6 Å². The van der Waals surface area contributed by atoms with E-state index in [9.17, 15) is 4.79 Å². The fourth-order valence-corrected chi connectivity index (χ4v) is 2.70. The lowest BCUT2D eigenvalue weighted by Gasteiger charge is -2.24. The summed E-state index contributed by atoms with van der Waals surface area (Å²) in [5.41, 5.74) is 1.94. The Morgan fingerprint density at radius 1 is 1.04 bits per heavy atom. The molecule has 1 heterocycles. The van der Waals surface area contributed by atoms with E-state index >= 15 is 0 Å². The van der Waals surface area contributed by atoms with E-state index in [4.69, 9.17) is 11.6 Å². The van der Waals surface area contributed by atoms with E-state index in [2.05, 4.69) is 5.10 Å². The van der Waals surface area contributed by atoms with Crippen molar-refractivity contribution in [2.24, 2.45) is 0 Å². The standard InChI is InChI=1S/C18H16ClN3O/c1-2-21(14-9-5-3-6-10-14)16-13-20-22(18(23)17(16)19)15-11-7-4-8-12-15/h3-13H,2H2,1H3. The molecule has 0 fully saturated rings. The van der Waals surface area contributed by atoms with Crippen molar-refractivity contribution in [1.29, 1.82) is 0 Å². The summed E-state index contributed by atoms with van der Waals surface area (Å²) in [7, 11) is 0. The first-order valence-corrected chi connectivity index (χ1v) is 7.76. The minimum absolute atomic E-state index is 0.162.